The first kappa shape index (κ1) is 14.9. The van der Waals surface area contributed by atoms with Crippen LogP contribution < -0.4 is 4.31 Å². The van der Waals surface area contributed by atoms with Gasteiger partial charge >= 0.3 is 0 Å². The summed E-state index contributed by atoms with van der Waals surface area (Å²) in [4.78, 5) is 0.249. The molecule has 0 N–H and O–H groups in total. The Balaban J connectivity index is 2.40. The van der Waals surface area contributed by atoms with Crippen molar-refractivity contribution in [2.24, 2.45) is 0 Å². The molecule has 0 heterocycles. The van der Waals surface area contributed by atoms with Crippen LogP contribution in [0.5, 0.6) is 0 Å². The first-order chi connectivity index (χ1) is 9.45. The van der Waals surface area contributed by atoms with Gasteiger partial charge in [-0.25, -0.2) is 8.42 Å². The second-order valence-electron chi connectivity index (χ2n) is 4.59. The summed E-state index contributed by atoms with van der Waals surface area (Å²) in [5.41, 5.74) is 2.50. The van der Waals surface area contributed by atoms with E-state index in [1.165, 1.54) is 4.31 Å². The topological polar surface area (TPSA) is 37.4 Å². The zero-order chi connectivity index (χ0) is 14.8. The minimum Gasteiger partial charge on any atom is -0.269 e. The van der Waals surface area contributed by atoms with Crippen molar-refractivity contribution < 1.29 is 8.42 Å². The van der Waals surface area contributed by atoms with Crippen LogP contribution in [0.25, 0.3) is 0 Å². The number of hydrogen-bond donors (Lipinski definition) is 0. The van der Waals surface area contributed by atoms with E-state index in [2.05, 4.69) is 0 Å². The monoisotopic (exact) mass is 309 g/mol. The van der Waals surface area contributed by atoms with Crippen LogP contribution >= 0.6 is 11.6 Å². The predicted octanol–water partition coefficient (Wildman–Crippen LogP) is 3.56. The van der Waals surface area contributed by atoms with Crippen molar-refractivity contribution in [3.63, 3.8) is 0 Å². The van der Waals surface area contributed by atoms with E-state index in [4.69, 9.17) is 11.6 Å². The lowest BCUT2D eigenvalue weighted by molar-refractivity contribution is 0.594. The van der Waals surface area contributed by atoms with E-state index in [9.17, 15) is 8.42 Å². The summed E-state index contributed by atoms with van der Waals surface area (Å²) in [6.07, 6.45) is 0. The molecule has 0 bridgehead atoms. The summed E-state index contributed by atoms with van der Waals surface area (Å²) < 4.78 is 26.4. The maximum atomic E-state index is 12.6. The summed E-state index contributed by atoms with van der Waals surface area (Å²) in [6, 6.07) is 14.0. The number of benzene rings is 2. The maximum Gasteiger partial charge on any atom is 0.264 e. The van der Waals surface area contributed by atoms with Crippen LogP contribution in [0.1, 0.15) is 11.1 Å². The standard InChI is InChI=1S/C15H16ClNO2S/c1-12-6-8-14(9-7-12)17(2)20(18,19)15-5-3-4-13(10-15)11-16/h3-10H,11H2,1-2H3. The molecule has 0 aliphatic rings. The first-order valence-electron chi connectivity index (χ1n) is 6.15. The number of sulfonamides is 1. The van der Waals surface area contributed by atoms with Gasteiger partial charge < -0.3 is 0 Å². The Morgan fingerprint density at radius 3 is 2.35 bits per heavy atom. The first-order valence-corrected chi connectivity index (χ1v) is 8.13. The largest absolute Gasteiger partial charge is 0.269 e. The van der Waals surface area contributed by atoms with E-state index in [1.807, 2.05) is 19.1 Å². The number of alkyl halides is 1. The number of anilines is 1. The van der Waals surface area contributed by atoms with Crippen molar-refractivity contribution in [3.05, 3.63) is 59.7 Å². The Morgan fingerprint density at radius 1 is 1.10 bits per heavy atom. The molecule has 0 amide bonds. The lowest BCUT2D eigenvalue weighted by Gasteiger charge is -2.20. The molecule has 0 unspecified atom stereocenters. The van der Waals surface area contributed by atoms with E-state index >= 15 is 0 Å². The van der Waals surface area contributed by atoms with Gasteiger partial charge in [0.1, 0.15) is 0 Å². The molecule has 0 aromatic heterocycles. The average Bonchev–Trinajstić information content (AvgIpc) is 2.47. The fourth-order valence-corrected chi connectivity index (χ4v) is 3.27. The van der Waals surface area contributed by atoms with Crippen LogP contribution in [0.3, 0.4) is 0 Å². The molecule has 0 aliphatic heterocycles. The quantitative estimate of drug-likeness (QED) is 0.810. The van der Waals surface area contributed by atoms with Gasteiger partial charge in [0.15, 0.2) is 0 Å². The van der Waals surface area contributed by atoms with Crippen LogP contribution in [0.2, 0.25) is 0 Å². The molecule has 3 nitrogen and oxygen atoms in total. The molecule has 0 atom stereocenters. The van der Waals surface area contributed by atoms with E-state index in [-0.39, 0.29) is 10.8 Å². The molecule has 0 spiro atoms. The highest BCUT2D eigenvalue weighted by Gasteiger charge is 2.21. The van der Waals surface area contributed by atoms with Crippen LogP contribution in [0, 0.1) is 6.92 Å². The van der Waals surface area contributed by atoms with Crippen molar-refractivity contribution in [1.29, 1.82) is 0 Å². The summed E-state index contributed by atoms with van der Waals surface area (Å²) >= 11 is 5.75. The van der Waals surface area contributed by atoms with Gasteiger partial charge in [-0.3, -0.25) is 4.31 Å². The van der Waals surface area contributed by atoms with Gasteiger partial charge in [-0.15, -0.1) is 11.6 Å². The predicted molar refractivity (Wildman–Crippen MR) is 82.8 cm³/mol. The second-order valence-corrected chi connectivity index (χ2v) is 6.83. The zero-order valence-corrected chi connectivity index (χ0v) is 12.9. The number of nitrogens with zero attached hydrogens (tertiary/aromatic N) is 1. The summed E-state index contributed by atoms with van der Waals surface area (Å²) in [5, 5.41) is 0. The molecule has 0 fully saturated rings. The zero-order valence-electron chi connectivity index (χ0n) is 11.4. The van der Waals surface area contributed by atoms with Crippen molar-refractivity contribution in [2.75, 3.05) is 11.4 Å². The molecule has 0 aliphatic carbocycles. The summed E-state index contributed by atoms with van der Waals surface area (Å²) in [5.74, 6) is 0.289. The average molecular weight is 310 g/mol. The van der Waals surface area contributed by atoms with Crippen molar-refractivity contribution in [3.8, 4) is 0 Å². The van der Waals surface area contributed by atoms with Crippen molar-refractivity contribution in [1.82, 2.24) is 0 Å². The normalized spacial score (nSPS) is 11.3. The lowest BCUT2D eigenvalue weighted by Crippen LogP contribution is -2.26. The number of halogens is 1. The Labute approximate surface area is 124 Å². The van der Waals surface area contributed by atoms with Gasteiger partial charge in [0.05, 0.1) is 10.6 Å². The third kappa shape index (κ3) is 2.97. The maximum absolute atomic E-state index is 12.6. The van der Waals surface area contributed by atoms with Crippen LogP contribution in [0.4, 0.5) is 5.69 Å². The van der Waals surface area contributed by atoms with Crippen LogP contribution in [0.15, 0.2) is 53.4 Å². The van der Waals surface area contributed by atoms with Crippen molar-refractivity contribution in [2.45, 2.75) is 17.7 Å². The van der Waals surface area contributed by atoms with Gasteiger partial charge in [0.25, 0.3) is 10.0 Å². The molecule has 0 saturated carbocycles. The minimum atomic E-state index is -3.56. The van der Waals surface area contributed by atoms with E-state index in [1.54, 1.807) is 43.4 Å². The Bertz CT molecular complexity index is 696. The van der Waals surface area contributed by atoms with Gasteiger partial charge in [0, 0.05) is 12.9 Å². The van der Waals surface area contributed by atoms with Crippen LogP contribution in [-0.2, 0) is 15.9 Å². The molecule has 2 aromatic carbocycles. The second kappa shape index (κ2) is 5.85. The van der Waals surface area contributed by atoms with Gasteiger partial charge in [-0.1, -0.05) is 29.8 Å². The van der Waals surface area contributed by atoms with Gasteiger partial charge in [-0.05, 0) is 36.8 Å². The molecule has 2 rings (SSSR count). The number of rotatable bonds is 4. The molecule has 2 aromatic rings. The fourth-order valence-electron chi connectivity index (χ4n) is 1.84. The minimum absolute atomic E-state index is 0.249. The fraction of sp³-hybridized carbons (Fsp3) is 0.200. The van der Waals surface area contributed by atoms with Gasteiger partial charge in [-0.2, -0.15) is 0 Å². The van der Waals surface area contributed by atoms with E-state index in [0.717, 1.165) is 11.1 Å². The lowest BCUT2D eigenvalue weighted by atomic mass is 10.2. The Hall–Kier alpha value is -1.52. The number of hydrogen-bond acceptors (Lipinski definition) is 2. The Kier molecular flexibility index (Phi) is 4.35. The van der Waals surface area contributed by atoms with E-state index < -0.39 is 10.0 Å². The Morgan fingerprint density at radius 2 is 1.75 bits per heavy atom. The SMILES string of the molecule is Cc1ccc(N(C)S(=O)(=O)c2cccc(CCl)c2)cc1. The highest BCUT2D eigenvalue weighted by atomic mass is 35.5. The molecule has 20 heavy (non-hydrogen) atoms. The highest BCUT2D eigenvalue weighted by molar-refractivity contribution is 7.92. The molecule has 0 radical (unpaired) electrons. The summed E-state index contributed by atoms with van der Waals surface area (Å²) in [7, 11) is -2.01. The molecule has 106 valence electrons. The van der Waals surface area contributed by atoms with Crippen LogP contribution in [-0.4, -0.2) is 15.5 Å². The molecular formula is C15H16ClNO2S. The van der Waals surface area contributed by atoms with Gasteiger partial charge in [0.2, 0.25) is 0 Å². The third-order valence-corrected chi connectivity index (χ3v) is 5.20. The molecule has 5 heteroatoms. The molecular weight excluding hydrogens is 294 g/mol. The van der Waals surface area contributed by atoms with E-state index in [0.29, 0.717) is 5.69 Å². The molecule has 0 saturated heterocycles. The highest BCUT2D eigenvalue weighted by Crippen LogP contribution is 2.23. The third-order valence-electron chi connectivity index (χ3n) is 3.11. The smallest absolute Gasteiger partial charge is 0.264 e. The summed E-state index contributed by atoms with van der Waals surface area (Å²) in [6.45, 7) is 1.96. The number of aryl methyl sites for hydroxylation is 1. The van der Waals surface area contributed by atoms with Crippen molar-refractivity contribution >= 4 is 27.3 Å².